The van der Waals surface area contributed by atoms with E-state index in [0.717, 1.165) is 39.0 Å². The molecule has 0 spiro atoms. The fourth-order valence-corrected chi connectivity index (χ4v) is 2.88. The van der Waals surface area contributed by atoms with Crippen molar-refractivity contribution in [3.8, 4) is 0 Å². The van der Waals surface area contributed by atoms with Crippen LogP contribution in [-0.4, -0.2) is 59.5 Å². The molecule has 0 aliphatic carbocycles. The first kappa shape index (κ1) is 15.3. The number of piperidine rings is 2. The van der Waals surface area contributed by atoms with Gasteiger partial charge in [-0.05, 0) is 33.6 Å². The van der Waals surface area contributed by atoms with Crippen molar-refractivity contribution in [3.05, 3.63) is 0 Å². The highest BCUT2D eigenvalue weighted by atomic mass is 16.6. The second-order valence-electron chi connectivity index (χ2n) is 6.80. The summed E-state index contributed by atoms with van der Waals surface area (Å²) in [6.07, 6.45) is 3.21. The Labute approximate surface area is 121 Å². The lowest BCUT2D eigenvalue weighted by Gasteiger charge is -2.40. The van der Waals surface area contributed by atoms with Crippen LogP contribution in [-0.2, 0) is 9.53 Å². The Kier molecular flexibility index (Phi) is 4.68. The van der Waals surface area contributed by atoms with Crippen LogP contribution in [0.3, 0.4) is 0 Å². The van der Waals surface area contributed by atoms with E-state index >= 15 is 0 Å². The van der Waals surface area contributed by atoms with E-state index in [2.05, 4.69) is 4.90 Å². The Bertz CT molecular complexity index is 366. The maximum atomic E-state index is 12.1. The number of ether oxygens (including phenoxy) is 1. The van der Waals surface area contributed by atoms with Gasteiger partial charge in [0.1, 0.15) is 11.4 Å². The zero-order valence-corrected chi connectivity index (χ0v) is 12.9. The first-order chi connectivity index (χ1) is 9.35. The molecule has 0 unspecified atom stereocenters. The van der Waals surface area contributed by atoms with E-state index in [4.69, 9.17) is 4.74 Å². The van der Waals surface area contributed by atoms with Crippen molar-refractivity contribution >= 4 is 11.9 Å². The maximum absolute atomic E-state index is 12.1. The van der Waals surface area contributed by atoms with Gasteiger partial charge in [-0.25, -0.2) is 4.79 Å². The summed E-state index contributed by atoms with van der Waals surface area (Å²) in [6.45, 7) is 8.85. The number of rotatable bonds is 1. The van der Waals surface area contributed by atoms with Crippen LogP contribution in [0.2, 0.25) is 0 Å². The third-order valence-electron chi connectivity index (χ3n) is 3.92. The van der Waals surface area contributed by atoms with E-state index in [1.807, 2.05) is 25.7 Å². The Hall–Kier alpha value is -1.10. The smallest absolute Gasteiger partial charge is 0.410 e. The summed E-state index contributed by atoms with van der Waals surface area (Å²) in [5.41, 5.74) is -0.443. The lowest BCUT2D eigenvalue weighted by molar-refractivity contribution is -0.122. The first-order valence-corrected chi connectivity index (χ1v) is 7.59. The summed E-state index contributed by atoms with van der Waals surface area (Å²) >= 11 is 0. The lowest BCUT2D eigenvalue weighted by atomic mass is 10.0. The third-order valence-corrected chi connectivity index (χ3v) is 3.92. The quantitative estimate of drug-likeness (QED) is 0.738. The fourth-order valence-electron chi connectivity index (χ4n) is 2.88. The van der Waals surface area contributed by atoms with Gasteiger partial charge in [-0.1, -0.05) is 0 Å². The lowest BCUT2D eigenvalue weighted by Crippen LogP contribution is -2.52. The zero-order chi connectivity index (χ0) is 14.8. The summed E-state index contributed by atoms with van der Waals surface area (Å²) in [4.78, 5) is 27.6. The number of Topliss-reactive ketones (excluding diaryl/α,β-unsaturated/α-hetero) is 1. The van der Waals surface area contributed by atoms with Crippen molar-refractivity contribution in [2.75, 3.05) is 26.2 Å². The molecule has 0 aromatic carbocycles. The molecule has 0 aromatic heterocycles. The number of ketones is 1. The molecule has 114 valence electrons. The van der Waals surface area contributed by atoms with E-state index in [0.29, 0.717) is 24.7 Å². The summed E-state index contributed by atoms with van der Waals surface area (Å²) < 4.78 is 5.44. The molecule has 5 nitrogen and oxygen atoms in total. The molecule has 0 N–H and O–H groups in total. The standard InChI is InChI=1S/C15H26N2O3/c1-15(2,3)20-14(19)17-8-4-5-12(11-17)16-9-6-13(18)7-10-16/h12H,4-11H2,1-3H3/t12-/m0/s1. The molecular weight excluding hydrogens is 256 g/mol. The van der Waals surface area contributed by atoms with Crippen LogP contribution >= 0.6 is 0 Å². The van der Waals surface area contributed by atoms with Gasteiger partial charge in [0.2, 0.25) is 0 Å². The van der Waals surface area contributed by atoms with Crippen LogP contribution in [0.25, 0.3) is 0 Å². The molecule has 2 rings (SSSR count). The van der Waals surface area contributed by atoms with E-state index < -0.39 is 5.60 Å². The zero-order valence-electron chi connectivity index (χ0n) is 12.9. The van der Waals surface area contributed by atoms with Crippen molar-refractivity contribution < 1.29 is 14.3 Å². The minimum Gasteiger partial charge on any atom is -0.444 e. The number of hydrogen-bond acceptors (Lipinski definition) is 4. The molecule has 0 radical (unpaired) electrons. The van der Waals surface area contributed by atoms with Gasteiger partial charge in [0.25, 0.3) is 0 Å². The molecule has 20 heavy (non-hydrogen) atoms. The van der Waals surface area contributed by atoms with Crippen LogP contribution in [0.1, 0.15) is 46.5 Å². The monoisotopic (exact) mass is 282 g/mol. The number of nitrogens with zero attached hydrogens (tertiary/aromatic N) is 2. The largest absolute Gasteiger partial charge is 0.444 e. The van der Waals surface area contributed by atoms with Gasteiger partial charge >= 0.3 is 6.09 Å². The van der Waals surface area contributed by atoms with Crippen molar-refractivity contribution in [1.29, 1.82) is 0 Å². The molecule has 0 saturated carbocycles. The van der Waals surface area contributed by atoms with E-state index in [1.165, 1.54) is 0 Å². The molecule has 2 aliphatic rings. The van der Waals surface area contributed by atoms with Crippen molar-refractivity contribution in [2.24, 2.45) is 0 Å². The Morgan fingerprint density at radius 3 is 2.45 bits per heavy atom. The number of likely N-dealkylation sites (tertiary alicyclic amines) is 2. The number of carbonyl (C=O) groups is 2. The molecule has 2 heterocycles. The number of carbonyl (C=O) groups excluding carboxylic acids is 2. The average Bonchev–Trinajstić information content (AvgIpc) is 2.38. The van der Waals surface area contributed by atoms with Gasteiger partial charge in [0.05, 0.1) is 0 Å². The highest BCUT2D eigenvalue weighted by molar-refractivity contribution is 5.79. The molecular formula is C15H26N2O3. The average molecular weight is 282 g/mol. The van der Waals surface area contributed by atoms with Gasteiger partial charge in [-0.2, -0.15) is 0 Å². The molecule has 2 saturated heterocycles. The highest BCUT2D eigenvalue weighted by Gasteiger charge is 2.31. The summed E-state index contributed by atoms with van der Waals surface area (Å²) in [5.74, 6) is 0.362. The van der Waals surface area contributed by atoms with Crippen LogP contribution < -0.4 is 0 Å². The molecule has 5 heteroatoms. The van der Waals surface area contributed by atoms with Crippen molar-refractivity contribution in [1.82, 2.24) is 9.80 Å². The van der Waals surface area contributed by atoms with Gasteiger partial charge in [0.15, 0.2) is 0 Å². The van der Waals surface area contributed by atoms with Crippen LogP contribution in [0.15, 0.2) is 0 Å². The molecule has 0 bridgehead atoms. The summed E-state index contributed by atoms with van der Waals surface area (Å²) in [6, 6.07) is 0.379. The van der Waals surface area contributed by atoms with E-state index in [-0.39, 0.29) is 6.09 Å². The number of amides is 1. The SMILES string of the molecule is CC(C)(C)OC(=O)N1CCC[C@H](N2CCC(=O)CC2)C1. The predicted octanol–water partition coefficient (Wildman–Crippen LogP) is 2.05. The molecule has 0 aromatic rings. The Morgan fingerprint density at radius 2 is 1.85 bits per heavy atom. The normalized spacial score (nSPS) is 25.6. The Balaban J connectivity index is 1.88. The maximum Gasteiger partial charge on any atom is 0.410 e. The van der Waals surface area contributed by atoms with Crippen molar-refractivity contribution in [2.45, 2.75) is 58.1 Å². The number of hydrogen-bond donors (Lipinski definition) is 0. The molecule has 1 amide bonds. The Morgan fingerprint density at radius 1 is 1.20 bits per heavy atom. The summed E-state index contributed by atoms with van der Waals surface area (Å²) in [5, 5.41) is 0. The van der Waals surface area contributed by atoms with E-state index in [1.54, 1.807) is 0 Å². The van der Waals surface area contributed by atoms with Gasteiger partial charge in [0, 0.05) is 45.1 Å². The van der Waals surface area contributed by atoms with Gasteiger partial charge in [-0.15, -0.1) is 0 Å². The predicted molar refractivity (Wildman–Crippen MR) is 76.6 cm³/mol. The van der Waals surface area contributed by atoms with Crippen molar-refractivity contribution in [3.63, 3.8) is 0 Å². The topological polar surface area (TPSA) is 49.9 Å². The van der Waals surface area contributed by atoms with Gasteiger partial charge in [-0.3, -0.25) is 9.69 Å². The van der Waals surface area contributed by atoms with Gasteiger partial charge < -0.3 is 9.64 Å². The highest BCUT2D eigenvalue weighted by Crippen LogP contribution is 2.21. The second-order valence-corrected chi connectivity index (χ2v) is 6.80. The molecule has 1 atom stereocenters. The molecule has 2 aliphatic heterocycles. The second kappa shape index (κ2) is 6.12. The first-order valence-electron chi connectivity index (χ1n) is 7.59. The van der Waals surface area contributed by atoms with Crippen LogP contribution in [0.5, 0.6) is 0 Å². The molecule has 2 fully saturated rings. The van der Waals surface area contributed by atoms with Crippen LogP contribution in [0.4, 0.5) is 4.79 Å². The minimum absolute atomic E-state index is 0.213. The third kappa shape index (κ3) is 4.20. The summed E-state index contributed by atoms with van der Waals surface area (Å²) in [7, 11) is 0. The van der Waals surface area contributed by atoms with E-state index in [9.17, 15) is 9.59 Å². The minimum atomic E-state index is -0.443. The fraction of sp³-hybridized carbons (Fsp3) is 0.867. The van der Waals surface area contributed by atoms with Crippen LogP contribution in [0, 0.1) is 0 Å².